The first-order valence-electron chi connectivity index (χ1n) is 10.0. The summed E-state index contributed by atoms with van der Waals surface area (Å²) < 4.78 is 37.5. The average molecular weight is 484 g/mol. The molecule has 2 aliphatic heterocycles. The summed E-state index contributed by atoms with van der Waals surface area (Å²) in [5, 5.41) is 2.97. The second kappa shape index (κ2) is 10.5. The van der Waals surface area contributed by atoms with E-state index >= 15 is 0 Å². The Morgan fingerprint density at radius 3 is 2.69 bits per heavy atom. The second-order valence-electron chi connectivity index (χ2n) is 7.05. The summed E-state index contributed by atoms with van der Waals surface area (Å²) in [4.78, 5) is 37.8. The Labute approximate surface area is 191 Å². The third-order valence-corrected chi connectivity index (χ3v) is 7.87. The van der Waals surface area contributed by atoms with E-state index in [0.717, 1.165) is 11.8 Å². The van der Waals surface area contributed by atoms with Gasteiger partial charge in [-0.25, -0.2) is 13.2 Å². The maximum absolute atomic E-state index is 13.0. The number of rotatable bonds is 7. The Bertz CT molecular complexity index is 1030. The fourth-order valence-corrected chi connectivity index (χ4v) is 5.80. The molecule has 12 heteroatoms. The number of hydrogen-bond acceptors (Lipinski definition) is 8. The van der Waals surface area contributed by atoms with Gasteiger partial charge in [0.2, 0.25) is 21.8 Å². The molecule has 2 saturated heterocycles. The second-order valence-corrected chi connectivity index (χ2v) is 9.95. The number of aryl methyl sites for hydroxylation is 1. The number of carbonyl (C=O) groups excluding carboxylic acids is 3. The fourth-order valence-electron chi connectivity index (χ4n) is 3.21. The largest absolute Gasteiger partial charge is 0.463 e. The van der Waals surface area contributed by atoms with Crippen LogP contribution in [0.25, 0.3) is 0 Å². The molecule has 1 N–H and O–H groups in total. The van der Waals surface area contributed by atoms with Gasteiger partial charge in [-0.05, 0) is 31.5 Å². The molecule has 0 atom stereocenters. The lowest BCUT2D eigenvalue weighted by molar-refractivity contribution is -0.137. The summed E-state index contributed by atoms with van der Waals surface area (Å²) in [6.07, 6.45) is 1.19. The van der Waals surface area contributed by atoms with E-state index in [1.165, 1.54) is 21.3 Å². The molecule has 10 nitrogen and oxygen atoms in total. The predicted octanol–water partition coefficient (Wildman–Crippen LogP) is 0.934. The topological polar surface area (TPSA) is 122 Å². The molecule has 0 aliphatic carbocycles. The van der Waals surface area contributed by atoms with E-state index in [4.69, 9.17) is 9.47 Å². The van der Waals surface area contributed by atoms with Crippen LogP contribution in [0.4, 0.5) is 5.69 Å². The fraction of sp³-hybridized carbons (Fsp3) is 0.450. The molecule has 2 amide bonds. The standard InChI is InChI=1S/C20H25N3O7S2/c1-3-30-20(26)11-19-23(18(25)13-31-19)12-17(24)21-15-5-4-14(2)16(10-15)32(27,28)22-6-8-29-9-7-22/h4-5,10-11H,3,6-9,12-13H2,1-2H3,(H,21,24)/b19-11-. The maximum Gasteiger partial charge on any atom is 0.333 e. The van der Waals surface area contributed by atoms with Crippen molar-refractivity contribution in [3.8, 4) is 0 Å². The van der Waals surface area contributed by atoms with Gasteiger partial charge in [0.25, 0.3) is 0 Å². The molecule has 0 bridgehead atoms. The lowest BCUT2D eigenvalue weighted by Crippen LogP contribution is -2.40. The van der Waals surface area contributed by atoms with Crippen molar-refractivity contribution in [2.75, 3.05) is 50.5 Å². The van der Waals surface area contributed by atoms with Crippen LogP contribution in [0.15, 0.2) is 34.2 Å². The van der Waals surface area contributed by atoms with Crippen LogP contribution in [-0.2, 0) is 33.9 Å². The van der Waals surface area contributed by atoms with Gasteiger partial charge in [0.15, 0.2) is 0 Å². The Hall–Kier alpha value is -2.41. The average Bonchev–Trinajstić information content (AvgIpc) is 3.09. The number of anilines is 1. The van der Waals surface area contributed by atoms with Crippen LogP contribution < -0.4 is 5.32 Å². The molecule has 0 saturated carbocycles. The van der Waals surface area contributed by atoms with Crippen molar-refractivity contribution >= 4 is 45.3 Å². The summed E-state index contributed by atoms with van der Waals surface area (Å²) in [5.41, 5.74) is 0.850. The zero-order valence-electron chi connectivity index (χ0n) is 17.8. The molecule has 0 aromatic heterocycles. The SMILES string of the molecule is CCOC(=O)/C=C1\SCC(=O)N1CC(=O)Nc1ccc(C)c(S(=O)(=O)N2CCOCC2)c1. The number of carbonyl (C=O) groups is 3. The van der Waals surface area contributed by atoms with Gasteiger partial charge < -0.3 is 14.8 Å². The number of sulfonamides is 1. The highest BCUT2D eigenvalue weighted by Gasteiger charge is 2.30. The van der Waals surface area contributed by atoms with Gasteiger partial charge in [-0.3, -0.25) is 14.5 Å². The van der Waals surface area contributed by atoms with Crippen LogP contribution in [0.3, 0.4) is 0 Å². The van der Waals surface area contributed by atoms with Gasteiger partial charge in [-0.1, -0.05) is 17.8 Å². The molecule has 1 aromatic rings. The lowest BCUT2D eigenvalue weighted by atomic mass is 10.2. The van der Waals surface area contributed by atoms with Crippen LogP contribution in [0, 0.1) is 6.92 Å². The van der Waals surface area contributed by atoms with Crippen molar-refractivity contribution < 1.29 is 32.3 Å². The highest BCUT2D eigenvalue weighted by molar-refractivity contribution is 8.04. The molecule has 0 radical (unpaired) electrons. The van der Waals surface area contributed by atoms with E-state index in [-0.39, 0.29) is 42.8 Å². The third kappa shape index (κ3) is 5.68. The smallest absolute Gasteiger partial charge is 0.333 e. The van der Waals surface area contributed by atoms with Crippen LogP contribution in [0.1, 0.15) is 12.5 Å². The zero-order chi connectivity index (χ0) is 23.3. The number of esters is 1. The third-order valence-electron chi connectivity index (χ3n) is 4.80. The van der Waals surface area contributed by atoms with Gasteiger partial charge in [0.05, 0.1) is 41.6 Å². The predicted molar refractivity (Wildman–Crippen MR) is 118 cm³/mol. The summed E-state index contributed by atoms with van der Waals surface area (Å²) >= 11 is 1.15. The molecule has 2 heterocycles. The van der Waals surface area contributed by atoms with Crippen molar-refractivity contribution in [1.29, 1.82) is 0 Å². The molecule has 2 aliphatic rings. The molecule has 1 aromatic carbocycles. The highest BCUT2D eigenvalue weighted by atomic mass is 32.2. The minimum absolute atomic E-state index is 0.105. The minimum atomic E-state index is -3.74. The summed E-state index contributed by atoms with van der Waals surface area (Å²) in [5.74, 6) is -1.30. The number of thioether (sulfide) groups is 1. The van der Waals surface area contributed by atoms with Crippen molar-refractivity contribution in [3.63, 3.8) is 0 Å². The Balaban J connectivity index is 1.73. The van der Waals surface area contributed by atoms with Crippen molar-refractivity contribution in [2.45, 2.75) is 18.7 Å². The monoisotopic (exact) mass is 483 g/mol. The van der Waals surface area contributed by atoms with Gasteiger partial charge in [-0.15, -0.1) is 0 Å². The first-order chi connectivity index (χ1) is 15.2. The number of benzene rings is 1. The molecule has 3 rings (SSSR count). The van der Waals surface area contributed by atoms with Crippen molar-refractivity contribution in [3.05, 3.63) is 34.9 Å². The molecule has 32 heavy (non-hydrogen) atoms. The molecule has 0 spiro atoms. The minimum Gasteiger partial charge on any atom is -0.463 e. The van der Waals surface area contributed by atoms with Crippen molar-refractivity contribution in [1.82, 2.24) is 9.21 Å². The molecular weight excluding hydrogens is 458 g/mol. The Morgan fingerprint density at radius 2 is 2.00 bits per heavy atom. The first kappa shape index (κ1) is 24.2. The van der Waals surface area contributed by atoms with Gasteiger partial charge >= 0.3 is 5.97 Å². The van der Waals surface area contributed by atoms with E-state index in [1.54, 1.807) is 26.0 Å². The van der Waals surface area contributed by atoms with E-state index in [0.29, 0.717) is 29.5 Å². The molecule has 0 unspecified atom stereocenters. The van der Waals surface area contributed by atoms with E-state index in [9.17, 15) is 22.8 Å². The first-order valence-corrected chi connectivity index (χ1v) is 12.4. The number of nitrogens with one attached hydrogen (secondary N) is 1. The summed E-state index contributed by atoms with van der Waals surface area (Å²) in [7, 11) is -3.74. The van der Waals surface area contributed by atoms with Crippen LogP contribution in [0.2, 0.25) is 0 Å². The van der Waals surface area contributed by atoms with Gasteiger partial charge in [0, 0.05) is 18.8 Å². The molecular formula is C20H25N3O7S2. The lowest BCUT2D eigenvalue weighted by Gasteiger charge is -2.27. The molecule has 174 valence electrons. The number of ether oxygens (including phenoxy) is 2. The quantitative estimate of drug-likeness (QED) is 0.449. The van der Waals surface area contributed by atoms with Crippen LogP contribution in [-0.4, -0.2) is 80.6 Å². The van der Waals surface area contributed by atoms with E-state index < -0.39 is 21.9 Å². The van der Waals surface area contributed by atoms with Gasteiger partial charge in [-0.2, -0.15) is 4.31 Å². The number of morpholine rings is 1. The summed E-state index contributed by atoms with van der Waals surface area (Å²) in [6.45, 7) is 4.44. The van der Waals surface area contributed by atoms with E-state index in [2.05, 4.69) is 5.32 Å². The number of hydrogen-bond donors (Lipinski definition) is 1. The van der Waals surface area contributed by atoms with E-state index in [1.807, 2.05) is 0 Å². The van der Waals surface area contributed by atoms with Crippen LogP contribution in [0.5, 0.6) is 0 Å². The zero-order valence-corrected chi connectivity index (χ0v) is 19.5. The Morgan fingerprint density at radius 1 is 1.28 bits per heavy atom. The number of amides is 2. The van der Waals surface area contributed by atoms with Gasteiger partial charge in [0.1, 0.15) is 6.54 Å². The summed E-state index contributed by atoms with van der Waals surface area (Å²) in [6, 6.07) is 4.63. The maximum atomic E-state index is 13.0. The highest BCUT2D eigenvalue weighted by Crippen LogP contribution is 2.29. The Kier molecular flexibility index (Phi) is 7.93. The molecule has 2 fully saturated rings. The van der Waals surface area contributed by atoms with Crippen molar-refractivity contribution in [2.24, 2.45) is 0 Å². The van der Waals surface area contributed by atoms with Crippen LogP contribution >= 0.6 is 11.8 Å². The normalized spacial score (nSPS) is 18.8. The number of nitrogens with zero attached hydrogens (tertiary/aromatic N) is 2.